The van der Waals surface area contributed by atoms with Gasteiger partial charge in [0.25, 0.3) is 0 Å². The van der Waals surface area contributed by atoms with Crippen LogP contribution in [0, 0.1) is 12.7 Å². The van der Waals surface area contributed by atoms with E-state index >= 15 is 0 Å². The van der Waals surface area contributed by atoms with E-state index in [9.17, 15) is 4.39 Å². The Balaban J connectivity index is 2.22. The first kappa shape index (κ1) is 14.4. The highest BCUT2D eigenvalue weighted by Gasteiger charge is 2.27. The molecule has 106 valence electrons. The Labute approximate surface area is 115 Å². The van der Waals surface area contributed by atoms with Crippen LogP contribution >= 0.6 is 0 Å². The quantitative estimate of drug-likeness (QED) is 0.884. The van der Waals surface area contributed by atoms with Crippen molar-refractivity contribution in [3.05, 3.63) is 35.1 Å². The Hall–Kier alpha value is -0.970. The number of rotatable bonds is 2. The van der Waals surface area contributed by atoms with Gasteiger partial charge in [0.2, 0.25) is 0 Å². The zero-order valence-corrected chi connectivity index (χ0v) is 12.1. The van der Waals surface area contributed by atoms with E-state index in [0.717, 1.165) is 37.2 Å². The van der Waals surface area contributed by atoms with Crippen LogP contribution < -0.4 is 5.73 Å². The SMILES string of the molecule is Cc1cc(F)cc(C(N)C2CN(C)CCCN2C)c1. The molecule has 1 fully saturated rings. The van der Waals surface area contributed by atoms with Crippen molar-refractivity contribution in [3.8, 4) is 0 Å². The first-order chi connectivity index (χ1) is 8.97. The second-order valence-corrected chi connectivity index (χ2v) is 5.75. The van der Waals surface area contributed by atoms with Crippen LogP contribution in [0.3, 0.4) is 0 Å². The fourth-order valence-corrected chi connectivity index (χ4v) is 2.87. The average Bonchev–Trinajstić information content (AvgIpc) is 2.49. The molecule has 1 heterocycles. The lowest BCUT2D eigenvalue weighted by molar-refractivity contribution is 0.196. The van der Waals surface area contributed by atoms with Crippen molar-refractivity contribution in [3.63, 3.8) is 0 Å². The summed E-state index contributed by atoms with van der Waals surface area (Å²) in [5.41, 5.74) is 8.21. The predicted octanol–water partition coefficient (Wildman–Crippen LogP) is 1.77. The maximum atomic E-state index is 13.5. The molecule has 1 saturated heterocycles. The molecule has 19 heavy (non-hydrogen) atoms. The van der Waals surface area contributed by atoms with Crippen molar-refractivity contribution in [2.24, 2.45) is 5.73 Å². The van der Waals surface area contributed by atoms with Crippen LogP contribution in [0.5, 0.6) is 0 Å². The van der Waals surface area contributed by atoms with Gasteiger partial charge in [-0.05, 0) is 63.8 Å². The second kappa shape index (κ2) is 5.99. The van der Waals surface area contributed by atoms with Gasteiger partial charge in [-0.1, -0.05) is 6.07 Å². The highest BCUT2D eigenvalue weighted by molar-refractivity contribution is 5.27. The summed E-state index contributed by atoms with van der Waals surface area (Å²) in [6.07, 6.45) is 1.15. The van der Waals surface area contributed by atoms with Crippen molar-refractivity contribution in [1.82, 2.24) is 9.80 Å². The van der Waals surface area contributed by atoms with Gasteiger partial charge in [0.1, 0.15) is 5.82 Å². The van der Waals surface area contributed by atoms with Crippen LogP contribution in [-0.4, -0.2) is 49.6 Å². The molecule has 0 spiro atoms. The molecule has 1 aromatic carbocycles. The minimum Gasteiger partial charge on any atom is -0.323 e. The molecule has 2 rings (SSSR count). The van der Waals surface area contributed by atoms with Crippen LogP contribution in [0.1, 0.15) is 23.6 Å². The molecule has 0 saturated carbocycles. The largest absolute Gasteiger partial charge is 0.323 e. The summed E-state index contributed by atoms with van der Waals surface area (Å²) < 4.78 is 13.5. The van der Waals surface area contributed by atoms with Gasteiger partial charge in [-0.2, -0.15) is 0 Å². The molecule has 0 radical (unpaired) electrons. The van der Waals surface area contributed by atoms with Crippen molar-refractivity contribution in [2.75, 3.05) is 33.7 Å². The van der Waals surface area contributed by atoms with Gasteiger partial charge in [-0.3, -0.25) is 0 Å². The van der Waals surface area contributed by atoms with E-state index < -0.39 is 0 Å². The van der Waals surface area contributed by atoms with E-state index in [4.69, 9.17) is 5.73 Å². The van der Waals surface area contributed by atoms with Gasteiger partial charge in [0, 0.05) is 18.6 Å². The van der Waals surface area contributed by atoms with Gasteiger partial charge in [-0.15, -0.1) is 0 Å². The molecule has 2 unspecified atom stereocenters. The molecule has 4 heteroatoms. The number of aryl methyl sites for hydroxylation is 1. The number of hydrogen-bond acceptors (Lipinski definition) is 3. The smallest absolute Gasteiger partial charge is 0.123 e. The monoisotopic (exact) mass is 265 g/mol. The third-order valence-electron chi connectivity index (χ3n) is 3.98. The molecule has 1 aliphatic rings. The van der Waals surface area contributed by atoms with E-state index in [-0.39, 0.29) is 17.9 Å². The van der Waals surface area contributed by atoms with Crippen molar-refractivity contribution < 1.29 is 4.39 Å². The first-order valence-corrected chi connectivity index (χ1v) is 6.89. The maximum Gasteiger partial charge on any atom is 0.123 e. The number of hydrogen-bond donors (Lipinski definition) is 1. The second-order valence-electron chi connectivity index (χ2n) is 5.75. The standard InChI is InChI=1S/C15H24FN3/c1-11-7-12(9-13(16)8-11)15(17)14-10-18(2)5-4-6-19(14)3/h7-9,14-15H,4-6,10,17H2,1-3H3. The number of nitrogens with zero attached hydrogens (tertiary/aromatic N) is 2. The van der Waals surface area contributed by atoms with Gasteiger partial charge < -0.3 is 15.5 Å². The fraction of sp³-hybridized carbons (Fsp3) is 0.600. The third kappa shape index (κ3) is 3.53. The highest BCUT2D eigenvalue weighted by atomic mass is 19.1. The zero-order valence-electron chi connectivity index (χ0n) is 12.1. The minimum atomic E-state index is -0.199. The topological polar surface area (TPSA) is 32.5 Å². The molecule has 1 aromatic rings. The van der Waals surface area contributed by atoms with E-state index in [2.05, 4.69) is 23.9 Å². The zero-order chi connectivity index (χ0) is 14.0. The van der Waals surface area contributed by atoms with Crippen molar-refractivity contribution in [2.45, 2.75) is 25.4 Å². The Morgan fingerprint density at radius 3 is 2.68 bits per heavy atom. The summed E-state index contributed by atoms with van der Waals surface area (Å²) >= 11 is 0. The van der Waals surface area contributed by atoms with Crippen LogP contribution in [0.25, 0.3) is 0 Å². The number of likely N-dealkylation sites (N-methyl/N-ethyl adjacent to an activating group) is 2. The molecule has 0 aromatic heterocycles. The summed E-state index contributed by atoms with van der Waals surface area (Å²) in [4.78, 5) is 4.61. The predicted molar refractivity (Wildman–Crippen MR) is 76.6 cm³/mol. The van der Waals surface area contributed by atoms with Gasteiger partial charge in [-0.25, -0.2) is 4.39 Å². The van der Waals surface area contributed by atoms with E-state index in [0.29, 0.717) is 0 Å². The first-order valence-electron chi connectivity index (χ1n) is 6.89. The van der Waals surface area contributed by atoms with Gasteiger partial charge in [0.15, 0.2) is 0 Å². The lowest BCUT2D eigenvalue weighted by Gasteiger charge is -2.32. The summed E-state index contributed by atoms with van der Waals surface area (Å²) in [5.74, 6) is -0.199. The van der Waals surface area contributed by atoms with Crippen LogP contribution in [-0.2, 0) is 0 Å². The highest BCUT2D eigenvalue weighted by Crippen LogP contribution is 2.22. The molecule has 0 bridgehead atoms. The number of nitrogens with two attached hydrogens (primary N) is 1. The molecule has 0 aliphatic carbocycles. The Kier molecular flexibility index (Phi) is 4.55. The normalized spacial score (nSPS) is 24.2. The molecular formula is C15H24FN3. The van der Waals surface area contributed by atoms with Crippen LogP contribution in [0.2, 0.25) is 0 Å². The molecule has 2 N–H and O–H groups in total. The van der Waals surface area contributed by atoms with Crippen LogP contribution in [0.15, 0.2) is 18.2 Å². The molecule has 0 amide bonds. The number of halogens is 1. The summed E-state index contributed by atoms with van der Waals surface area (Å²) in [6.45, 7) is 4.96. The summed E-state index contributed by atoms with van der Waals surface area (Å²) in [5, 5.41) is 0. The number of benzene rings is 1. The van der Waals surface area contributed by atoms with Crippen molar-refractivity contribution in [1.29, 1.82) is 0 Å². The Morgan fingerprint density at radius 1 is 1.26 bits per heavy atom. The molecule has 2 atom stereocenters. The third-order valence-corrected chi connectivity index (χ3v) is 3.98. The molecule has 1 aliphatic heterocycles. The fourth-order valence-electron chi connectivity index (χ4n) is 2.87. The van der Waals surface area contributed by atoms with Gasteiger partial charge >= 0.3 is 0 Å². The van der Waals surface area contributed by atoms with Crippen molar-refractivity contribution >= 4 is 0 Å². The van der Waals surface area contributed by atoms with E-state index in [1.165, 1.54) is 0 Å². The summed E-state index contributed by atoms with van der Waals surface area (Å²) in [7, 11) is 4.23. The Bertz CT molecular complexity index is 415. The van der Waals surface area contributed by atoms with Crippen LogP contribution in [0.4, 0.5) is 4.39 Å². The van der Waals surface area contributed by atoms with E-state index in [1.54, 1.807) is 12.1 Å². The maximum absolute atomic E-state index is 13.5. The molecule has 3 nitrogen and oxygen atoms in total. The average molecular weight is 265 g/mol. The minimum absolute atomic E-state index is 0.153. The van der Waals surface area contributed by atoms with Gasteiger partial charge in [0.05, 0.1) is 0 Å². The Morgan fingerprint density at radius 2 is 2.00 bits per heavy atom. The summed E-state index contributed by atoms with van der Waals surface area (Å²) in [6, 6.07) is 5.18. The lowest BCUT2D eigenvalue weighted by Crippen LogP contribution is -2.45. The lowest BCUT2D eigenvalue weighted by atomic mass is 9.97. The molecular weight excluding hydrogens is 241 g/mol. The van der Waals surface area contributed by atoms with E-state index in [1.807, 2.05) is 13.0 Å².